The van der Waals surface area contributed by atoms with Gasteiger partial charge in [-0.3, -0.25) is 14.7 Å². The van der Waals surface area contributed by atoms with Gasteiger partial charge in [-0.05, 0) is 53.8 Å². The number of likely N-dealkylation sites (tertiary alicyclic amines) is 1. The predicted molar refractivity (Wildman–Crippen MR) is 119 cm³/mol. The van der Waals surface area contributed by atoms with Crippen LogP contribution in [-0.4, -0.2) is 52.6 Å². The summed E-state index contributed by atoms with van der Waals surface area (Å²) < 4.78 is 13.7. The fourth-order valence-corrected chi connectivity index (χ4v) is 4.92. The zero-order valence-electron chi connectivity index (χ0n) is 16.8. The van der Waals surface area contributed by atoms with E-state index < -0.39 is 6.04 Å². The number of nitrogens with one attached hydrogen (secondary N) is 1. The number of piperidine rings is 1. The number of pyridine rings is 1. The highest BCUT2D eigenvalue weighted by atomic mass is 35.5. The largest absolute Gasteiger partial charge is 0.394 e. The van der Waals surface area contributed by atoms with Crippen molar-refractivity contribution in [2.45, 2.75) is 18.5 Å². The molecule has 0 amide bonds. The minimum atomic E-state index is -0.486. The van der Waals surface area contributed by atoms with E-state index in [0.29, 0.717) is 16.9 Å². The number of nitrogens with zero attached hydrogens (tertiary/aromatic N) is 2. The SMILES string of the molecule is O=C(Cc1ccc(Cl)cc1)C(CO)N1CC2C(C1)C2Nc1ccnc2ccc(F)cc12. The summed E-state index contributed by atoms with van der Waals surface area (Å²) in [4.78, 5) is 19.2. The first-order valence-corrected chi connectivity index (χ1v) is 10.8. The molecule has 3 atom stereocenters. The second-order valence-electron chi connectivity index (χ2n) is 8.44. The first-order chi connectivity index (χ1) is 15.0. The number of hydrogen-bond acceptors (Lipinski definition) is 5. The molecule has 1 saturated heterocycles. The van der Waals surface area contributed by atoms with Crippen LogP contribution in [0.1, 0.15) is 5.56 Å². The summed E-state index contributed by atoms with van der Waals surface area (Å²) in [5, 5.41) is 14.8. The highest BCUT2D eigenvalue weighted by molar-refractivity contribution is 6.30. The van der Waals surface area contributed by atoms with E-state index in [2.05, 4.69) is 15.2 Å². The average molecular weight is 440 g/mol. The molecule has 0 radical (unpaired) electrons. The van der Waals surface area contributed by atoms with Gasteiger partial charge in [0.05, 0.1) is 18.2 Å². The van der Waals surface area contributed by atoms with E-state index in [1.54, 1.807) is 24.4 Å². The normalized spacial score (nSPS) is 23.5. The van der Waals surface area contributed by atoms with Crippen LogP contribution in [0.4, 0.5) is 10.1 Å². The quantitative estimate of drug-likeness (QED) is 0.589. The number of carbonyl (C=O) groups excluding carboxylic acids is 1. The zero-order chi connectivity index (χ0) is 21.5. The van der Waals surface area contributed by atoms with E-state index in [9.17, 15) is 14.3 Å². The van der Waals surface area contributed by atoms with Gasteiger partial charge >= 0.3 is 0 Å². The Kier molecular flexibility index (Phi) is 5.38. The number of halogens is 2. The van der Waals surface area contributed by atoms with Crippen molar-refractivity contribution >= 4 is 34.0 Å². The molecule has 0 bridgehead atoms. The molecule has 2 aliphatic rings. The molecule has 160 valence electrons. The lowest BCUT2D eigenvalue weighted by Crippen LogP contribution is -2.45. The molecule has 2 heterocycles. The van der Waals surface area contributed by atoms with Crippen molar-refractivity contribution in [3.8, 4) is 0 Å². The molecular formula is C24H23ClFN3O2. The van der Waals surface area contributed by atoms with E-state index in [4.69, 9.17) is 11.6 Å². The molecule has 5 rings (SSSR count). The van der Waals surface area contributed by atoms with Crippen LogP contribution >= 0.6 is 11.6 Å². The number of anilines is 1. The number of aliphatic hydroxyl groups is 1. The number of aromatic nitrogens is 1. The number of carbonyl (C=O) groups is 1. The van der Waals surface area contributed by atoms with E-state index in [0.717, 1.165) is 35.2 Å². The van der Waals surface area contributed by atoms with Crippen LogP contribution in [0.5, 0.6) is 0 Å². The zero-order valence-corrected chi connectivity index (χ0v) is 17.6. The van der Waals surface area contributed by atoms with Crippen molar-refractivity contribution in [2.75, 3.05) is 25.0 Å². The van der Waals surface area contributed by atoms with E-state index >= 15 is 0 Å². The first-order valence-electron chi connectivity index (χ1n) is 10.5. The number of Topliss-reactive ketones (excluding diaryl/α,β-unsaturated/α-hetero) is 1. The van der Waals surface area contributed by atoms with E-state index in [-0.39, 0.29) is 30.7 Å². The molecule has 31 heavy (non-hydrogen) atoms. The van der Waals surface area contributed by atoms with Gasteiger partial charge in [0.25, 0.3) is 0 Å². The van der Waals surface area contributed by atoms with Gasteiger partial charge in [-0.15, -0.1) is 0 Å². The first kappa shape index (κ1) is 20.4. The third-order valence-electron chi connectivity index (χ3n) is 6.53. The molecule has 1 aliphatic heterocycles. The van der Waals surface area contributed by atoms with Gasteiger partial charge in [-0.1, -0.05) is 23.7 Å². The minimum absolute atomic E-state index is 0.0197. The van der Waals surface area contributed by atoms with Gasteiger partial charge in [0.1, 0.15) is 5.82 Å². The highest BCUT2D eigenvalue weighted by Gasteiger charge is 2.57. The summed E-state index contributed by atoms with van der Waals surface area (Å²) in [6.07, 6.45) is 2.01. The third-order valence-corrected chi connectivity index (χ3v) is 6.78. The van der Waals surface area contributed by atoms with Crippen LogP contribution in [0.25, 0.3) is 10.9 Å². The Morgan fingerprint density at radius 2 is 1.94 bits per heavy atom. The second kappa shape index (κ2) is 8.19. The van der Waals surface area contributed by atoms with E-state index in [1.807, 2.05) is 18.2 Å². The van der Waals surface area contributed by atoms with Crippen LogP contribution in [-0.2, 0) is 11.2 Å². The summed E-state index contributed by atoms with van der Waals surface area (Å²) in [6, 6.07) is 13.5. The van der Waals surface area contributed by atoms with Crippen molar-refractivity contribution in [1.29, 1.82) is 0 Å². The van der Waals surface area contributed by atoms with E-state index in [1.165, 1.54) is 12.1 Å². The minimum Gasteiger partial charge on any atom is -0.394 e. The van der Waals surface area contributed by atoms with Crippen molar-refractivity contribution in [1.82, 2.24) is 9.88 Å². The van der Waals surface area contributed by atoms with Gasteiger partial charge in [-0.2, -0.15) is 0 Å². The molecule has 5 nitrogen and oxygen atoms in total. The number of benzene rings is 2. The lowest BCUT2D eigenvalue weighted by molar-refractivity contribution is -0.124. The fourth-order valence-electron chi connectivity index (χ4n) is 4.79. The number of rotatable bonds is 7. The van der Waals surface area contributed by atoms with Gasteiger partial charge in [0.2, 0.25) is 0 Å². The summed E-state index contributed by atoms with van der Waals surface area (Å²) in [5.74, 6) is 0.560. The highest BCUT2D eigenvalue weighted by Crippen LogP contribution is 2.48. The molecule has 3 aromatic rings. The molecule has 3 unspecified atom stereocenters. The Bertz CT molecular complexity index is 1110. The Morgan fingerprint density at radius 3 is 2.65 bits per heavy atom. The summed E-state index contributed by atoms with van der Waals surface area (Å²) in [6.45, 7) is 1.34. The molecular weight excluding hydrogens is 417 g/mol. The maximum Gasteiger partial charge on any atom is 0.156 e. The molecule has 7 heteroatoms. The monoisotopic (exact) mass is 439 g/mol. The van der Waals surface area contributed by atoms with Crippen molar-refractivity contribution < 1.29 is 14.3 Å². The maximum atomic E-state index is 13.7. The average Bonchev–Trinajstić information content (AvgIpc) is 3.19. The third kappa shape index (κ3) is 4.03. The van der Waals surface area contributed by atoms with Crippen LogP contribution in [0.2, 0.25) is 5.02 Å². The molecule has 2 N–H and O–H groups in total. The van der Waals surface area contributed by atoms with Crippen LogP contribution in [0.15, 0.2) is 54.7 Å². The molecule has 1 aromatic heterocycles. The predicted octanol–water partition coefficient (Wildman–Crippen LogP) is 3.54. The number of fused-ring (bicyclic) bond motifs is 2. The number of hydrogen-bond donors (Lipinski definition) is 2. The van der Waals surface area contributed by atoms with Gasteiger partial charge in [0, 0.05) is 47.8 Å². The van der Waals surface area contributed by atoms with Crippen LogP contribution < -0.4 is 5.32 Å². The molecule has 0 spiro atoms. The smallest absolute Gasteiger partial charge is 0.156 e. The van der Waals surface area contributed by atoms with Crippen molar-refractivity contribution in [3.05, 3.63) is 71.1 Å². The van der Waals surface area contributed by atoms with Crippen molar-refractivity contribution in [3.63, 3.8) is 0 Å². The lowest BCUT2D eigenvalue weighted by atomic mass is 10.0. The number of aliphatic hydroxyl groups excluding tert-OH is 1. The van der Waals surface area contributed by atoms with Crippen LogP contribution in [0, 0.1) is 17.7 Å². The van der Waals surface area contributed by atoms with Crippen molar-refractivity contribution in [2.24, 2.45) is 11.8 Å². The molecule has 1 aliphatic carbocycles. The van der Waals surface area contributed by atoms with Gasteiger partial charge < -0.3 is 10.4 Å². The van der Waals surface area contributed by atoms with Gasteiger partial charge in [0.15, 0.2) is 5.78 Å². The molecule has 1 saturated carbocycles. The Labute approximate surface area is 184 Å². The van der Waals surface area contributed by atoms with Crippen LogP contribution in [0.3, 0.4) is 0 Å². The fraction of sp³-hybridized carbons (Fsp3) is 0.333. The summed E-state index contributed by atoms with van der Waals surface area (Å²) >= 11 is 5.91. The van der Waals surface area contributed by atoms with Gasteiger partial charge in [-0.25, -0.2) is 4.39 Å². The summed E-state index contributed by atoms with van der Waals surface area (Å²) in [7, 11) is 0. The molecule has 2 aromatic carbocycles. The standard InChI is InChI=1S/C24H23ClFN3O2/c25-15-3-1-14(2-4-15)9-23(31)22(13-30)29-11-18-19(12-29)24(18)28-21-7-8-27-20-6-5-16(26)10-17(20)21/h1-8,10,18-19,22,24,30H,9,11-13H2,(H,27,28). The maximum absolute atomic E-state index is 13.7. The molecule has 2 fully saturated rings. The topological polar surface area (TPSA) is 65.5 Å². The Morgan fingerprint density at radius 1 is 1.19 bits per heavy atom. The Balaban J connectivity index is 1.22. The summed E-state index contributed by atoms with van der Waals surface area (Å²) in [5.41, 5.74) is 2.54. The number of ketones is 1. The lowest BCUT2D eigenvalue weighted by Gasteiger charge is -2.27. The Hall–Kier alpha value is -2.54. The second-order valence-corrected chi connectivity index (χ2v) is 8.88.